The number of anilines is 1. The number of rotatable bonds is 3. The highest BCUT2D eigenvalue weighted by Crippen LogP contribution is 2.29. The van der Waals surface area contributed by atoms with E-state index in [1.54, 1.807) is 0 Å². The highest BCUT2D eigenvalue weighted by atomic mass is 32.1. The number of thiazole rings is 1. The Hall–Kier alpha value is -0.900. The summed E-state index contributed by atoms with van der Waals surface area (Å²) in [5.74, 6) is 0.878. The maximum Gasteiger partial charge on any atom is 0.186 e. The number of carbonyl (C=O) groups excluding carboxylic acids is 1. The quantitative estimate of drug-likeness (QED) is 0.759. The van der Waals surface area contributed by atoms with Crippen molar-refractivity contribution in [3.05, 3.63) is 10.6 Å². The standard InChI is InChI=1S/C12H18N2OS/c1-3-10-4-6-14(7-5-10)12-13-9(2)11(8-15)16-12/h8,10H,3-7H2,1-2H3. The summed E-state index contributed by atoms with van der Waals surface area (Å²) in [4.78, 5) is 18.3. The maximum absolute atomic E-state index is 10.8. The van der Waals surface area contributed by atoms with Crippen molar-refractivity contribution in [1.82, 2.24) is 4.98 Å². The Morgan fingerprint density at radius 1 is 1.50 bits per heavy atom. The molecule has 1 aromatic rings. The Morgan fingerprint density at radius 2 is 2.19 bits per heavy atom. The lowest BCUT2D eigenvalue weighted by molar-refractivity contribution is 0.112. The first-order valence-corrected chi connectivity index (χ1v) is 6.73. The zero-order valence-corrected chi connectivity index (χ0v) is 10.7. The zero-order chi connectivity index (χ0) is 11.5. The zero-order valence-electron chi connectivity index (χ0n) is 9.90. The molecular formula is C12H18N2OS. The predicted octanol–water partition coefficient (Wildman–Crippen LogP) is 2.89. The fourth-order valence-corrected chi connectivity index (χ4v) is 3.10. The molecule has 1 saturated heterocycles. The van der Waals surface area contributed by atoms with Crippen LogP contribution in [0.3, 0.4) is 0 Å². The molecular weight excluding hydrogens is 220 g/mol. The van der Waals surface area contributed by atoms with Crippen molar-refractivity contribution in [3.8, 4) is 0 Å². The Kier molecular flexibility index (Phi) is 3.59. The summed E-state index contributed by atoms with van der Waals surface area (Å²) in [5, 5.41) is 1.02. The number of hydrogen-bond donors (Lipinski definition) is 0. The van der Waals surface area contributed by atoms with Crippen molar-refractivity contribution < 1.29 is 4.79 Å². The molecule has 88 valence electrons. The van der Waals surface area contributed by atoms with Crippen LogP contribution >= 0.6 is 11.3 Å². The molecule has 0 saturated carbocycles. The fraction of sp³-hybridized carbons (Fsp3) is 0.667. The molecule has 3 nitrogen and oxygen atoms in total. The summed E-state index contributed by atoms with van der Waals surface area (Å²) in [6.45, 7) is 6.34. The highest BCUT2D eigenvalue weighted by molar-refractivity contribution is 7.17. The molecule has 0 aromatic carbocycles. The first-order valence-electron chi connectivity index (χ1n) is 5.92. The topological polar surface area (TPSA) is 33.2 Å². The van der Waals surface area contributed by atoms with E-state index in [9.17, 15) is 4.79 Å². The first-order chi connectivity index (χ1) is 7.74. The van der Waals surface area contributed by atoms with Gasteiger partial charge in [0, 0.05) is 13.1 Å². The second-order valence-corrected chi connectivity index (χ2v) is 5.41. The van der Waals surface area contributed by atoms with E-state index in [1.165, 1.54) is 30.6 Å². The van der Waals surface area contributed by atoms with Crippen molar-refractivity contribution in [3.63, 3.8) is 0 Å². The maximum atomic E-state index is 10.8. The van der Waals surface area contributed by atoms with E-state index < -0.39 is 0 Å². The van der Waals surface area contributed by atoms with Crippen LogP contribution in [0.4, 0.5) is 5.13 Å². The molecule has 0 atom stereocenters. The van der Waals surface area contributed by atoms with E-state index >= 15 is 0 Å². The highest BCUT2D eigenvalue weighted by Gasteiger charge is 2.20. The minimum absolute atomic E-state index is 0.771. The van der Waals surface area contributed by atoms with Crippen LogP contribution in [0.1, 0.15) is 41.6 Å². The molecule has 0 unspecified atom stereocenters. The van der Waals surface area contributed by atoms with Crippen LogP contribution < -0.4 is 4.90 Å². The van der Waals surface area contributed by atoms with Crippen LogP contribution in [0.25, 0.3) is 0 Å². The third-order valence-electron chi connectivity index (χ3n) is 3.39. The van der Waals surface area contributed by atoms with Crippen LogP contribution in [0.5, 0.6) is 0 Å². The molecule has 2 heterocycles. The Labute approximate surface area is 100 Å². The molecule has 16 heavy (non-hydrogen) atoms. The van der Waals surface area contributed by atoms with Crippen LogP contribution in [-0.2, 0) is 0 Å². The lowest BCUT2D eigenvalue weighted by Crippen LogP contribution is -2.33. The van der Waals surface area contributed by atoms with Crippen molar-refractivity contribution in [2.45, 2.75) is 33.1 Å². The van der Waals surface area contributed by atoms with Crippen molar-refractivity contribution >= 4 is 22.8 Å². The largest absolute Gasteiger partial charge is 0.348 e. The Balaban J connectivity index is 2.05. The number of piperidine rings is 1. The monoisotopic (exact) mass is 238 g/mol. The van der Waals surface area contributed by atoms with Gasteiger partial charge in [-0.2, -0.15) is 0 Å². The molecule has 1 fully saturated rings. The van der Waals surface area contributed by atoms with Gasteiger partial charge in [0.1, 0.15) is 0 Å². The number of aromatic nitrogens is 1. The Bertz CT molecular complexity index is 367. The summed E-state index contributed by atoms with van der Waals surface area (Å²) in [7, 11) is 0. The van der Waals surface area contributed by atoms with E-state index in [0.29, 0.717) is 0 Å². The van der Waals surface area contributed by atoms with Gasteiger partial charge in [0.2, 0.25) is 0 Å². The van der Waals surface area contributed by atoms with Gasteiger partial charge in [-0.25, -0.2) is 4.98 Å². The van der Waals surface area contributed by atoms with Gasteiger partial charge in [-0.1, -0.05) is 24.7 Å². The van der Waals surface area contributed by atoms with E-state index in [4.69, 9.17) is 0 Å². The molecule has 1 aliphatic rings. The minimum Gasteiger partial charge on any atom is -0.348 e. The molecule has 1 aromatic heterocycles. The molecule has 0 bridgehead atoms. The first kappa shape index (κ1) is 11.6. The van der Waals surface area contributed by atoms with Gasteiger partial charge < -0.3 is 4.90 Å². The van der Waals surface area contributed by atoms with Crippen molar-refractivity contribution in [1.29, 1.82) is 0 Å². The van der Waals surface area contributed by atoms with Gasteiger partial charge in [0.25, 0.3) is 0 Å². The number of hydrogen-bond acceptors (Lipinski definition) is 4. The predicted molar refractivity (Wildman–Crippen MR) is 67.5 cm³/mol. The van der Waals surface area contributed by atoms with Gasteiger partial charge in [-0.3, -0.25) is 4.79 Å². The summed E-state index contributed by atoms with van der Waals surface area (Å²) in [5.41, 5.74) is 0.868. The van der Waals surface area contributed by atoms with Crippen LogP contribution in [0.2, 0.25) is 0 Å². The molecule has 2 rings (SSSR count). The van der Waals surface area contributed by atoms with Crippen LogP contribution in [-0.4, -0.2) is 24.4 Å². The molecule has 0 N–H and O–H groups in total. The van der Waals surface area contributed by atoms with E-state index in [1.807, 2.05) is 6.92 Å². The molecule has 1 aliphatic heterocycles. The van der Waals surface area contributed by atoms with Crippen LogP contribution in [0, 0.1) is 12.8 Å². The number of nitrogens with zero attached hydrogens (tertiary/aromatic N) is 2. The average molecular weight is 238 g/mol. The molecule has 0 radical (unpaired) electrons. The number of aryl methyl sites for hydroxylation is 1. The third kappa shape index (κ3) is 2.26. The lowest BCUT2D eigenvalue weighted by atomic mass is 9.95. The average Bonchev–Trinajstić information content (AvgIpc) is 2.71. The molecule has 0 spiro atoms. The third-order valence-corrected chi connectivity index (χ3v) is 4.53. The normalized spacial score (nSPS) is 17.8. The lowest BCUT2D eigenvalue weighted by Gasteiger charge is -2.31. The van der Waals surface area contributed by atoms with Crippen molar-refractivity contribution in [2.75, 3.05) is 18.0 Å². The molecule has 0 aliphatic carbocycles. The van der Waals surface area contributed by atoms with Gasteiger partial charge in [-0.15, -0.1) is 0 Å². The van der Waals surface area contributed by atoms with Crippen LogP contribution in [0.15, 0.2) is 0 Å². The van der Waals surface area contributed by atoms with Gasteiger partial charge in [0.15, 0.2) is 11.4 Å². The summed E-state index contributed by atoms with van der Waals surface area (Å²) < 4.78 is 0. The number of aldehydes is 1. The summed E-state index contributed by atoms with van der Waals surface area (Å²) in [6, 6.07) is 0. The van der Waals surface area contributed by atoms with Crippen molar-refractivity contribution in [2.24, 2.45) is 5.92 Å². The molecule has 0 amide bonds. The van der Waals surface area contributed by atoms with Gasteiger partial charge >= 0.3 is 0 Å². The summed E-state index contributed by atoms with van der Waals surface area (Å²) >= 11 is 1.52. The number of carbonyl (C=O) groups is 1. The fourth-order valence-electron chi connectivity index (χ4n) is 2.17. The van der Waals surface area contributed by atoms with E-state index in [2.05, 4.69) is 16.8 Å². The second-order valence-electron chi connectivity index (χ2n) is 4.40. The second kappa shape index (κ2) is 4.95. The summed E-state index contributed by atoms with van der Waals surface area (Å²) in [6.07, 6.45) is 4.71. The molecule has 4 heteroatoms. The smallest absolute Gasteiger partial charge is 0.186 e. The minimum atomic E-state index is 0.771. The SMILES string of the molecule is CCC1CCN(c2nc(C)c(C=O)s2)CC1. The van der Waals surface area contributed by atoms with E-state index in [0.717, 1.165) is 41.0 Å². The van der Waals surface area contributed by atoms with Gasteiger partial charge in [0.05, 0.1) is 10.6 Å². The van der Waals surface area contributed by atoms with E-state index in [-0.39, 0.29) is 0 Å². The Morgan fingerprint density at radius 3 is 2.69 bits per heavy atom. The van der Waals surface area contributed by atoms with Gasteiger partial charge in [-0.05, 0) is 25.7 Å².